The average Bonchev–Trinajstić information content (AvgIpc) is 2.66. The third-order valence-electron chi connectivity index (χ3n) is 4.42. The molecule has 1 N–H and O–H groups in total. The van der Waals surface area contributed by atoms with Crippen molar-refractivity contribution in [3.05, 3.63) is 63.7 Å². The Morgan fingerprint density at radius 2 is 1.83 bits per heavy atom. The van der Waals surface area contributed by atoms with Gasteiger partial charge >= 0.3 is 0 Å². The maximum atomic E-state index is 12.6. The molecule has 1 amide bonds. The molecule has 0 aliphatic rings. The first kappa shape index (κ1) is 23.1. The minimum Gasteiger partial charge on any atom is -0.492 e. The van der Waals surface area contributed by atoms with Crippen LogP contribution in [0.5, 0.6) is 5.75 Å². The van der Waals surface area contributed by atoms with Crippen molar-refractivity contribution >= 4 is 27.3 Å². The fourth-order valence-corrected chi connectivity index (χ4v) is 4.08. The third kappa shape index (κ3) is 5.93. The Balaban J connectivity index is 2.10. The zero-order valence-electron chi connectivity index (χ0n) is 17.3. The molecule has 30 heavy (non-hydrogen) atoms. The number of aryl methyl sites for hydroxylation is 2. The number of nitrogens with zero attached hydrogens (tertiary/aromatic N) is 2. The van der Waals surface area contributed by atoms with Crippen LogP contribution in [-0.4, -0.2) is 44.7 Å². The molecule has 0 bridgehead atoms. The van der Waals surface area contributed by atoms with Gasteiger partial charge in [-0.3, -0.25) is 19.2 Å². The van der Waals surface area contributed by atoms with E-state index in [0.717, 1.165) is 22.2 Å². The van der Waals surface area contributed by atoms with Gasteiger partial charge in [0.2, 0.25) is 15.9 Å². The van der Waals surface area contributed by atoms with Crippen LogP contribution in [-0.2, 0) is 14.8 Å². The van der Waals surface area contributed by atoms with Gasteiger partial charge in [0.15, 0.2) is 0 Å². The molecule has 1 atom stereocenters. The van der Waals surface area contributed by atoms with Gasteiger partial charge in [0.1, 0.15) is 18.4 Å². The molecule has 0 aromatic heterocycles. The lowest BCUT2D eigenvalue weighted by Gasteiger charge is -2.29. The molecule has 162 valence electrons. The Bertz CT molecular complexity index is 1020. The summed E-state index contributed by atoms with van der Waals surface area (Å²) >= 11 is 0. The number of carbonyl (C=O) groups excluding carboxylic acids is 1. The van der Waals surface area contributed by atoms with E-state index in [1.54, 1.807) is 6.92 Å². The Hall–Kier alpha value is -3.14. The van der Waals surface area contributed by atoms with Crippen LogP contribution in [0, 0.1) is 24.0 Å². The summed E-state index contributed by atoms with van der Waals surface area (Å²) in [7, 11) is -3.89. The molecule has 0 aliphatic carbocycles. The second-order valence-corrected chi connectivity index (χ2v) is 8.77. The predicted octanol–water partition coefficient (Wildman–Crippen LogP) is 2.56. The van der Waals surface area contributed by atoms with Gasteiger partial charge in [-0.25, -0.2) is 8.42 Å². The number of benzene rings is 2. The van der Waals surface area contributed by atoms with E-state index in [-0.39, 0.29) is 24.5 Å². The van der Waals surface area contributed by atoms with Crippen LogP contribution in [0.1, 0.15) is 18.1 Å². The van der Waals surface area contributed by atoms with E-state index in [2.05, 4.69) is 5.32 Å². The Morgan fingerprint density at radius 3 is 2.40 bits per heavy atom. The van der Waals surface area contributed by atoms with Crippen LogP contribution in [0.2, 0.25) is 0 Å². The molecule has 0 aliphatic heterocycles. The lowest BCUT2D eigenvalue weighted by Crippen LogP contribution is -2.48. The molecule has 0 saturated heterocycles. The molecule has 0 saturated carbocycles. The maximum absolute atomic E-state index is 12.6. The molecule has 2 aromatic carbocycles. The monoisotopic (exact) mass is 435 g/mol. The molecule has 2 aromatic rings. The summed E-state index contributed by atoms with van der Waals surface area (Å²) in [5.74, 6) is 0.117. The quantitative estimate of drug-likeness (QED) is 0.367. The first-order valence-electron chi connectivity index (χ1n) is 9.22. The lowest BCUT2D eigenvalue weighted by atomic mass is 10.1. The number of hydrogen-bond acceptors (Lipinski definition) is 6. The minimum atomic E-state index is -3.89. The van der Waals surface area contributed by atoms with E-state index in [1.807, 2.05) is 31.2 Å². The van der Waals surface area contributed by atoms with Crippen molar-refractivity contribution in [1.82, 2.24) is 5.32 Å². The summed E-state index contributed by atoms with van der Waals surface area (Å²) in [6, 6.07) is 10.2. The zero-order valence-corrected chi connectivity index (χ0v) is 18.1. The first-order chi connectivity index (χ1) is 14.0. The van der Waals surface area contributed by atoms with Crippen LogP contribution in [0.3, 0.4) is 0 Å². The van der Waals surface area contributed by atoms with Gasteiger partial charge < -0.3 is 10.1 Å². The van der Waals surface area contributed by atoms with Gasteiger partial charge in [-0.2, -0.15) is 0 Å². The molecule has 0 fully saturated rings. The second-order valence-electron chi connectivity index (χ2n) is 6.92. The summed E-state index contributed by atoms with van der Waals surface area (Å²) in [4.78, 5) is 23.1. The molecule has 9 nitrogen and oxygen atoms in total. The highest BCUT2D eigenvalue weighted by Crippen LogP contribution is 2.29. The fourth-order valence-electron chi connectivity index (χ4n) is 2.86. The average molecular weight is 436 g/mol. The number of amides is 1. The van der Waals surface area contributed by atoms with Crippen molar-refractivity contribution in [3.8, 4) is 5.75 Å². The van der Waals surface area contributed by atoms with E-state index in [4.69, 9.17) is 4.74 Å². The van der Waals surface area contributed by atoms with Crippen molar-refractivity contribution in [2.75, 3.05) is 23.7 Å². The fraction of sp³-hybridized carbons (Fsp3) is 0.350. The van der Waals surface area contributed by atoms with Gasteiger partial charge in [0.25, 0.3) is 5.69 Å². The lowest BCUT2D eigenvalue weighted by molar-refractivity contribution is -0.384. The van der Waals surface area contributed by atoms with Gasteiger partial charge in [0.05, 0.1) is 23.4 Å². The molecule has 2 rings (SSSR count). The number of hydrogen-bond donors (Lipinski definition) is 1. The summed E-state index contributed by atoms with van der Waals surface area (Å²) < 4.78 is 31.2. The Labute approximate surface area is 175 Å². The summed E-state index contributed by atoms with van der Waals surface area (Å²) in [5, 5.41) is 13.7. The minimum absolute atomic E-state index is 0.0882. The number of anilines is 1. The number of rotatable bonds is 9. The SMILES string of the molecule is Cc1ccc(OCCNC(=O)[C@H](C)N(c2cc([N+](=O)[O-])ccc2C)S(C)(=O)=O)cc1. The molecular weight excluding hydrogens is 410 g/mol. The molecular formula is C20H25N3O6S. The van der Waals surface area contributed by atoms with Crippen molar-refractivity contribution in [1.29, 1.82) is 0 Å². The van der Waals surface area contributed by atoms with Crippen molar-refractivity contribution < 1.29 is 22.9 Å². The number of carbonyl (C=O) groups is 1. The second kappa shape index (κ2) is 9.57. The summed E-state index contributed by atoms with van der Waals surface area (Å²) in [5.41, 5.74) is 1.42. The normalized spacial score (nSPS) is 12.1. The number of nitro benzene ring substituents is 1. The standard InChI is InChI=1S/C20H25N3O6S/c1-14-5-9-18(10-6-14)29-12-11-21-20(24)16(3)22(30(4,27)28)19-13-17(23(25)26)8-7-15(19)2/h5-10,13,16H,11-12H2,1-4H3,(H,21,24)/t16-/m0/s1. The molecule has 0 spiro atoms. The smallest absolute Gasteiger partial charge is 0.271 e. The molecule has 0 radical (unpaired) electrons. The highest BCUT2D eigenvalue weighted by atomic mass is 32.2. The third-order valence-corrected chi connectivity index (χ3v) is 5.65. The number of nitrogens with one attached hydrogen (secondary N) is 1. The zero-order chi connectivity index (χ0) is 22.5. The van der Waals surface area contributed by atoms with Crippen LogP contribution < -0.4 is 14.4 Å². The highest BCUT2D eigenvalue weighted by Gasteiger charge is 2.31. The van der Waals surface area contributed by atoms with Crippen LogP contribution in [0.25, 0.3) is 0 Å². The first-order valence-corrected chi connectivity index (χ1v) is 11.1. The van der Waals surface area contributed by atoms with E-state index < -0.39 is 26.9 Å². The number of sulfonamides is 1. The van der Waals surface area contributed by atoms with E-state index in [0.29, 0.717) is 11.3 Å². The largest absolute Gasteiger partial charge is 0.492 e. The highest BCUT2D eigenvalue weighted by molar-refractivity contribution is 7.92. The molecule has 10 heteroatoms. The predicted molar refractivity (Wildman–Crippen MR) is 114 cm³/mol. The van der Waals surface area contributed by atoms with Gasteiger partial charge in [-0.1, -0.05) is 23.8 Å². The van der Waals surface area contributed by atoms with Crippen LogP contribution in [0.4, 0.5) is 11.4 Å². The van der Waals surface area contributed by atoms with Gasteiger partial charge in [-0.05, 0) is 38.5 Å². The molecule has 0 unspecified atom stereocenters. The van der Waals surface area contributed by atoms with Crippen LogP contribution in [0.15, 0.2) is 42.5 Å². The number of nitro groups is 1. The van der Waals surface area contributed by atoms with E-state index >= 15 is 0 Å². The van der Waals surface area contributed by atoms with Gasteiger partial charge in [0, 0.05) is 12.1 Å². The van der Waals surface area contributed by atoms with Crippen LogP contribution >= 0.6 is 0 Å². The summed E-state index contributed by atoms with van der Waals surface area (Å²) in [6.07, 6.45) is 0.954. The number of ether oxygens (including phenoxy) is 1. The topological polar surface area (TPSA) is 119 Å². The van der Waals surface area contributed by atoms with E-state index in [9.17, 15) is 23.3 Å². The van der Waals surface area contributed by atoms with Gasteiger partial charge in [-0.15, -0.1) is 0 Å². The number of non-ortho nitro benzene ring substituents is 1. The summed E-state index contributed by atoms with van der Waals surface area (Å²) in [6.45, 7) is 5.38. The molecule has 0 heterocycles. The maximum Gasteiger partial charge on any atom is 0.271 e. The Morgan fingerprint density at radius 1 is 1.20 bits per heavy atom. The van der Waals surface area contributed by atoms with Crippen molar-refractivity contribution in [3.63, 3.8) is 0 Å². The van der Waals surface area contributed by atoms with Crippen molar-refractivity contribution in [2.45, 2.75) is 26.8 Å². The van der Waals surface area contributed by atoms with Crippen molar-refractivity contribution in [2.24, 2.45) is 0 Å². The Kier molecular flexibility index (Phi) is 7.38. The van der Waals surface area contributed by atoms with E-state index in [1.165, 1.54) is 19.1 Å².